The van der Waals surface area contributed by atoms with Gasteiger partial charge < -0.3 is 18.9 Å². The van der Waals surface area contributed by atoms with Gasteiger partial charge in [-0.25, -0.2) is 9.59 Å². The molecular weight excluding hydrogens is 508 g/mol. The van der Waals surface area contributed by atoms with Gasteiger partial charge in [0.25, 0.3) is 0 Å². The predicted molar refractivity (Wildman–Crippen MR) is 152 cm³/mol. The van der Waals surface area contributed by atoms with Gasteiger partial charge in [0.1, 0.15) is 11.8 Å². The summed E-state index contributed by atoms with van der Waals surface area (Å²) in [5, 5.41) is 0. The van der Waals surface area contributed by atoms with Gasteiger partial charge in [-0.2, -0.15) is 0 Å². The molecule has 8 nitrogen and oxygen atoms in total. The average molecular weight is 553 g/mol. The molecule has 1 amide bonds. The zero-order valence-corrected chi connectivity index (χ0v) is 24.9. The van der Waals surface area contributed by atoms with E-state index >= 15 is 0 Å². The second-order valence-electron chi connectivity index (χ2n) is 12.1. The highest BCUT2D eigenvalue weighted by Crippen LogP contribution is 2.50. The topological polar surface area (TPSA) is 87.2 Å². The molecule has 4 atom stereocenters. The van der Waals surface area contributed by atoms with Crippen molar-refractivity contribution in [3.05, 3.63) is 59.4 Å². The SMILES string of the molecule is CCOC(=O)[C@@H]1[C@@H](C(C)(C)C)[C@H](OCc2cc(C3CCC3)ncc2OC)[C@H](c2ccccc2)N1C(=O)OC(C)C. The van der Waals surface area contributed by atoms with Gasteiger partial charge in [0.15, 0.2) is 0 Å². The molecule has 2 fully saturated rings. The van der Waals surface area contributed by atoms with E-state index in [1.807, 2.05) is 30.3 Å². The van der Waals surface area contributed by atoms with Crippen LogP contribution >= 0.6 is 0 Å². The van der Waals surface area contributed by atoms with E-state index in [0.717, 1.165) is 29.7 Å². The number of pyridine rings is 1. The molecule has 2 aromatic rings. The number of esters is 1. The highest BCUT2D eigenvalue weighted by atomic mass is 16.6. The van der Waals surface area contributed by atoms with Crippen LogP contribution < -0.4 is 4.74 Å². The molecule has 4 rings (SSSR count). The number of benzene rings is 1. The molecule has 1 saturated heterocycles. The van der Waals surface area contributed by atoms with E-state index in [-0.39, 0.29) is 25.2 Å². The van der Waals surface area contributed by atoms with Gasteiger partial charge in [-0.05, 0) is 50.7 Å². The number of methoxy groups -OCH3 is 1. The standard InChI is InChI=1S/C32H44N2O6/c1-8-38-30(35)28-26(32(4,5)6)29(27(22-13-10-9-11-14-22)34(28)31(36)40-20(2)3)39-19-23-17-24(21-15-12-16-21)33-18-25(23)37-7/h9-11,13-14,17-18,20-21,26-29H,8,12,15-16,19H2,1-7H3/t26-,27+,28+,29+/m1/s1. The zero-order chi connectivity index (χ0) is 29.0. The summed E-state index contributed by atoms with van der Waals surface area (Å²) in [7, 11) is 1.63. The molecule has 218 valence electrons. The molecule has 40 heavy (non-hydrogen) atoms. The molecule has 2 heterocycles. The van der Waals surface area contributed by atoms with E-state index in [1.165, 1.54) is 6.42 Å². The highest BCUT2D eigenvalue weighted by Gasteiger charge is 2.59. The van der Waals surface area contributed by atoms with Gasteiger partial charge in [0.2, 0.25) is 0 Å². The Bertz CT molecular complexity index is 1160. The fourth-order valence-electron chi connectivity index (χ4n) is 5.93. The number of nitrogens with zero attached hydrogens (tertiary/aromatic N) is 2. The van der Waals surface area contributed by atoms with Crippen LogP contribution in [0.3, 0.4) is 0 Å². The Morgan fingerprint density at radius 3 is 2.38 bits per heavy atom. The van der Waals surface area contributed by atoms with Crippen LogP contribution in [0.2, 0.25) is 0 Å². The number of carbonyl (C=O) groups excluding carboxylic acids is 2. The maximum atomic E-state index is 13.7. The molecule has 0 unspecified atom stereocenters. The summed E-state index contributed by atoms with van der Waals surface area (Å²) in [6, 6.07) is 10.3. The van der Waals surface area contributed by atoms with Crippen molar-refractivity contribution >= 4 is 12.1 Å². The fraction of sp³-hybridized carbons (Fsp3) is 0.594. The number of ether oxygens (including phenoxy) is 4. The maximum Gasteiger partial charge on any atom is 0.411 e. The molecule has 1 aromatic heterocycles. The van der Waals surface area contributed by atoms with Crippen LogP contribution in [0, 0.1) is 11.3 Å². The number of hydrogen-bond acceptors (Lipinski definition) is 7. The zero-order valence-electron chi connectivity index (χ0n) is 24.9. The number of hydrogen-bond donors (Lipinski definition) is 0. The Hall–Kier alpha value is -3.13. The summed E-state index contributed by atoms with van der Waals surface area (Å²) in [4.78, 5) is 33.5. The van der Waals surface area contributed by atoms with Crippen LogP contribution in [0.4, 0.5) is 4.79 Å². The lowest BCUT2D eigenvalue weighted by Gasteiger charge is -2.35. The van der Waals surface area contributed by atoms with Crippen LogP contribution in [0.25, 0.3) is 0 Å². The third-order valence-corrected chi connectivity index (χ3v) is 7.97. The lowest BCUT2D eigenvalue weighted by Crippen LogP contribution is -2.48. The first kappa shape index (κ1) is 29.8. The van der Waals surface area contributed by atoms with E-state index < -0.39 is 35.7 Å². The van der Waals surface area contributed by atoms with E-state index in [0.29, 0.717) is 11.7 Å². The molecule has 0 spiro atoms. The quantitative estimate of drug-likeness (QED) is 0.331. The van der Waals surface area contributed by atoms with Crippen molar-refractivity contribution in [3.8, 4) is 5.75 Å². The predicted octanol–water partition coefficient (Wildman–Crippen LogP) is 6.44. The van der Waals surface area contributed by atoms with Crippen molar-refractivity contribution in [2.24, 2.45) is 11.3 Å². The fourth-order valence-corrected chi connectivity index (χ4v) is 5.93. The Morgan fingerprint density at radius 1 is 1.12 bits per heavy atom. The van der Waals surface area contributed by atoms with E-state index in [4.69, 9.17) is 18.9 Å². The molecule has 1 saturated carbocycles. The molecule has 0 radical (unpaired) electrons. The normalized spacial score (nSPS) is 23.1. The van der Waals surface area contributed by atoms with Crippen LogP contribution in [0.5, 0.6) is 5.75 Å². The van der Waals surface area contributed by atoms with Crippen LogP contribution in [0.1, 0.15) is 89.6 Å². The molecule has 1 aliphatic carbocycles. The highest BCUT2D eigenvalue weighted by molar-refractivity contribution is 5.83. The number of aromatic nitrogens is 1. The second kappa shape index (κ2) is 12.6. The molecule has 2 aliphatic rings. The Labute approximate surface area is 238 Å². The Kier molecular flexibility index (Phi) is 9.39. The first-order valence-corrected chi connectivity index (χ1v) is 14.4. The third kappa shape index (κ3) is 6.27. The Morgan fingerprint density at radius 2 is 1.82 bits per heavy atom. The van der Waals surface area contributed by atoms with Crippen molar-refractivity contribution in [2.75, 3.05) is 13.7 Å². The molecule has 8 heteroatoms. The van der Waals surface area contributed by atoms with Crippen molar-refractivity contribution < 1.29 is 28.5 Å². The van der Waals surface area contributed by atoms with Crippen molar-refractivity contribution in [3.63, 3.8) is 0 Å². The minimum Gasteiger partial charge on any atom is -0.495 e. The van der Waals surface area contributed by atoms with E-state index in [2.05, 4.69) is 31.8 Å². The van der Waals surface area contributed by atoms with Gasteiger partial charge >= 0.3 is 12.1 Å². The Balaban J connectivity index is 1.79. The second-order valence-corrected chi connectivity index (χ2v) is 12.1. The minimum absolute atomic E-state index is 0.207. The molecule has 0 N–H and O–H groups in total. The average Bonchev–Trinajstić information content (AvgIpc) is 3.23. The lowest BCUT2D eigenvalue weighted by molar-refractivity contribution is -0.151. The van der Waals surface area contributed by atoms with Crippen molar-refractivity contribution in [1.29, 1.82) is 0 Å². The molecule has 1 aliphatic heterocycles. The maximum absolute atomic E-state index is 13.7. The molecule has 1 aromatic carbocycles. The van der Waals surface area contributed by atoms with Crippen LogP contribution in [-0.4, -0.2) is 53.9 Å². The lowest BCUT2D eigenvalue weighted by atomic mass is 9.73. The van der Waals surface area contributed by atoms with E-state index in [1.54, 1.807) is 39.0 Å². The summed E-state index contributed by atoms with van der Waals surface area (Å²) >= 11 is 0. The summed E-state index contributed by atoms with van der Waals surface area (Å²) in [5.41, 5.74) is 2.40. The molecular formula is C32H44N2O6. The van der Waals surface area contributed by atoms with Crippen LogP contribution in [-0.2, 0) is 25.6 Å². The number of carbonyl (C=O) groups is 2. The van der Waals surface area contributed by atoms with Gasteiger partial charge in [0.05, 0.1) is 44.8 Å². The summed E-state index contributed by atoms with van der Waals surface area (Å²) in [5.74, 6) is 0.284. The van der Waals surface area contributed by atoms with Crippen molar-refractivity contribution in [2.45, 2.75) is 97.6 Å². The number of rotatable bonds is 9. The first-order valence-electron chi connectivity index (χ1n) is 14.4. The van der Waals surface area contributed by atoms with E-state index in [9.17, 15) is 9.59 Å². The van der Waals surface area contributed by atoms with Crippen LogP contribution in [0.15, 0.2) is 42.6 Å². The molecule has 0 bridgehead atoms. The van der Waals surface area contributed by atoms with Gasteiger partial charge in [-0.1, -0.05) is 57.5 Å². The smallest absolute Gasteiger partial charge is 0.411 e. The summed E-state index contributed by atoms with van der Waals surface area (Å²) in [6.07, 6.45) is 3.82. The summed E-state index contributed by atoms with van der Waals surface area (Å²) in [6.45, 7) is 12.0. The number of likely N-dealkylation sites (tertiary alicyclic amines) is 1. The monoisotopic (exact) mass is 552 g/mol. The largest absolute Gasteiger partial charge is 0.495 e. The minimum atomic E-state index is -0.883. The third-order valence-electron chi connectivity index (χ3n) is 7.97. The van der Waals surface area contributed by atoms with Gasteiger partial charge in [0, 0.05) is 23.1 Å². The summed E-state index contributed by atoms with van der Waals surface area (Å²) < 4.78 is 23.7. The van der Waals surface area contributed by atoms with Gasteiger partial charge in [-0.15, -0.1) is 0 Å². The number of amides is 1. The first-order chi connectivity index (χ1) is 19.1. The van der Waals surface area contributed by atoms with Crippen molar-refractivity contribution in [1.82, 2.24) is 9.88 Å². The van der Waals surface area contributed by atoms with Gasteiger partial charge in [-0.3, -0.25) is 9.88 Å².